The summed E-state index contributed by atoms with van der Waals surface area (Å²) in [7, 11) is 1.53. The lowest BCUT2D eigenvalue weighted by Crippen LogP contribution is -2.19. The number of benzene rings is 1. The molecule has 1 aromatic rings. The summed E-state index contributed by atoms with van der Waals surface area (Å²) in [5.41, 5.74) is 6.74. The van der Waals surface area contributed by atoms with E-state index in [0.717, 1.165) is 6.42 Å². The fourth-order valence-electron chi connectivity index (χ4n) is 1.65. The van der Waals surface area contributed by atoms with Crippen LogP contribution >= 0.6 is 12.2 Å². The van der Waals surface area contributed by atoms with Crippen molar-refractivity contribution in [2.75, 3.05) is 25.6 Å². The first-order valence-corrected chi connectivity index (χ1v) is 6.85. The maximum Gasteiger partial charge on any atom is 0.226 e. The van der Waals surface area contributed by atoms with E-state index < -0.39 is 0 Å². The highest BCUT2D eigenvalue weighted by atomic mass is 32.1. The van der Waals surface area contributed by atoms with E-state index in [1.807, 2.05) is 6.92 Å². The van der Waals surface area contributed by atoms with Gasteiger partial charge in [0.25, 0.3) is 0 Å². The van der Waals surface area contributed by atoms with Crippen molar-refractivity contribution in [3.05, 3.63) is 23.8 Å². The fourth-order valence-corrected chi connectivity index (χ4v) is 1.82. The monoisotopic (exact) mass is 296 g/mol. The molecular formula is C14H20N2O3S. The second kappa shape index (κ2) is 8.50. The Kier molecular flexibility index (Phi) is 6.97. The normalized spacial score (nSPS) is 10.1. The molecule has 0 radical (unpaired) electrons. The Labute approximate surface area is 124 Å². The molecule has 110 valence electrons. The first-order valence-electron chi connectivity index (χ1n) is 6.44. The summed E-state index contributed by atoms with van der Waals surface area (Å²) in [6, 6.07) is 5.26. The predicted octanol–water partition coefficient (Wildman–Crippen LogP) is 2.08. The van der Waals surface area contributed by atoms with Crippen LogP contribution < -0.4 is 15.8 Å². The van der Waals surface area contributed by atoms with E-state index in [0.29, 0.717) is 30.2 Å². The van der Waals surface area contributed by atoms with Crippen LogP contribution in [0.15, 0.2) is 18.2 Å². The van der Waals surface area contributed by atoms with Gasteiger partial charge in [0.15, 0.2) is 0 Å². The topological polar surface area (TPSA) is 73.6 Å². The van der Waals surface area contributed by atoms with E-state index >= 15 is 0 Å². The highest BCUT2D eigenvalue weighted by Crippen LogP contribution is 2.28. The Morgan fingerprint density at radius 2 is 2.15 bits per heavy atom. The van der Waals surface area contributed by atoms with Crippen LogP contribution in [0.3, 0.4) is 0 Å². The van der Waals surface area contributed by atoms with Crippen molar-refractivity contribution < 1.29 is 14.3 Å². The number of thiocarbonyl (C=S) groups is 1. The van der Waals surface area contributed by atoms with Crippen LogP contribution in [0.4, 0.5) is 5.69 Å². The van der Waals surface area contributed by atoms with E-state index in [4.69, 9.17) is 27.4 Å². The molecule has 5 nitrogen and oxygen atoms in total. The molecule has 0 atom stereocenters. The van der Waals surface area contributed by atoms with Gasteiger partial charge in [-0.05, 0) is 18.6 Å². The van der Waals surface area contributed by atoms with Crippen molar-refractivity contribution in [1.82, 2.24) is 0 Å². The van der Waals surface area contributed by atoms with E-state index in [1.54, 1.807) is 18.2 Å². The summed E-state index contributed by atoms with van der Waals surface area (Å²) < 4.78 is 10.5. The number of carbonyl (C=O) groups is 1. The minimum absolute atomic E-state index is 0.164. The number of nitrogens with two attached hydrogens (primary N) is 1. The Bertz CT molecular complexity index is 477. The number of amides is 1. The minimum Gasteiger partial charge on any atom is -0.495 e. The van der Waals surface area contributed by atoms with Gasteiger partial charge in [-0.15, -0.1) is 0 Å². The molecule has 0 bridgehead atoms. The highest BCUT2D eigenvalue weighted by molar-refractivity contribution is 7.80. The zero-order valence-electron chi connectivity index (χ0n) is 11.8. The van der Waals surface area contributed by atoms with Crippen molar-refractivity contribution in [3.63, 3.8) is 0 Å². The van der Waals surface area contributed by atoms with Crippen molar-refractivity contribution in [2.24, 2.45) is 5.73 Å². The molecule has 0 aliphatic heterocycles. The van der Waals surface area contributed by atoms with Gasteiger partial charge in [-0.1, -0.05) is 25.2 Å². The molecule has 0 aliphatic rings. The van der Waals surface area contributed by atoms with E-state index in [9.17, 15) is 4.79 Å². The first kappa shape index (κ1) is 16.4. The third kappa shape index (κ3) is 4.79. The third-order valence-electron chi connectivity index (χ3n) is 2.60. The maximum absolute atomic E-state index is 11.9. The lowest BCUT2D eigenvalue weighted by atomic mass is 10.1. The van der Waals surface area contributed by atoms with E-state index in [2.05, 4.69) is 5.32 Å². The second-order valence-electron chi connectivity index (χ2n) is 4.16. The van der Waals surface area contributed by atoms with Gasteiger partial charge in [0.2, 0.25) is 5.91 Å². The van der Waals surface area contributed by atoms with Crippen LogP contribution in [-0.2, 0) is 9.53 Å². The average molecular weight is 296 g/mol. The summed E-state index contributed by atoms with van der Waals surface area (Å²) in [5, 5.41) is 2.78. The van der Waals surface area contributed by atoms with E-state index in [1.165, 1.54) is 7.11 Å². The molecule has 6 heteroatoms. The van der Waals surface area contributed by atoms with Gasteiger partial charge >= 0.3 is 0 Å². The average Bonchev–Trinajstić information content (AvgIpc) is 2.43. The molecule has 0 aliphatic carbocycles. The number of anilines is 1. The number of nitrogens with one attached hydrogen (secondary N) is 1. The predicted molar refractivity (Wildman–Crippen MR) is 83.2 cm³/mol. The molecule has 1 amide bonds. The highest BCUT2D eigenvalue weighted by Gasteiger charge is 2.13. The Morgan fingerprint density at radius 3 is 2.75 bits per heavy atom. The summed E-state index contributed by atoms with van der Waals surface area (Å²) >= 11 is 4.98. The summed E-state index contributed by atoms with van der Waals surface area (Å²) in [5.74, 6) is 0.362. The van der Waals surface area contributed by atoms with Crippen LogP contribution in [0.1, 0.15) is 25.3 Å². The molecule has 20 heavy (non-hydrogen) atoms. The van der Waals surface area contributed by atoms with Gasteiger partial charge in [0.05, 0.1) is 25.8 Å². The van der Waals surface area contributed by atoms with Crippen LogP contribution in [-0.4, -0.2) is 31.2 Å². The van der Waals surface area contributed by atoms with Gasteiger partial charge in [0.1, 0.15) is 10.7 Å². The van der Waals surface area contributed by atoms with Crippen LogP contribution in [0.25, 0.3) is 0 Å². The van der Waals surface area contributed by atoms with Gasteiger partial charge in [-0.3, -0.25) is 4.79 Å². The number of hydrogen-bond donors (Lipinski definition) is 2. The molecule has 0 heterocycles. The Balaban J connectivity index is 2.74. The number of para-hydroxylation sites is 1. The molecule has 0 aromatic heterocycles. The van der Waals surface area contributed by atoms with E-state index in [-0.39, 0.29) is 17.3 Å². The summed E-state index contributed by atoms with van der Waals surface area (Å²) in [6.07, 6.45) is 1.20. The molecule has 0 unspecified atom stereocenters. The van der Waals surface area contributed by atoms with Crippen molar-refractivity contribution in [3.8, 4) is 5.75 Å². The smallest absolute Gasteiger partial charge is 0.226 e. The Morgan fingerprint density at radius 1 is 1.40 bits per heavy atom. The molecular weight excluding hydrogens is 276 g/mol. The van der Waals surface area contributed by atoms with Gasteiger partial charge in [-0.25, -0.2) is 0 Å². The quantitative estimate of drug-likeness (QED) is 0.567. The number of methoxy groups -OCH3 is 1. The van der Waals surface area contributed by atoms with Gasteiger partial charge in [-0.2, -0.15) is 0 Å². The number of hydrogen-bond acceptors (Lipinski definition) is 4. The zero-order chi connectivity index (χ0) is 15.0. The molecule has 0 spiro atoms. The van der Waals surface area contributed by atoms with Crippen molar-refractivity contribution in [1.29, 1.82) is 0 Å². The Hall–Kier alpha value is -1.66. The number of carbonyl (C=O) groups excluding carboxylic acids is 1. The van der Waals surface area contributed by atoms with Crippen LogP contribution in [0, 0.1) is 0 Å². The summed E-state index contributed by atoms with van der Waals surface area (Å²) in [6.45, 7) is 3.06. The van der Waals surface area contributed by atoms with Gasteiger partial charge < -0.3 is 20.5 Å². The largest absolute Gasteiger partial charge is 0.495 e. The number of ether oxygens (including phenoxy) is 2. The molecule has 0 saturated carbocycles. The molecule has 1 aromatic carbocycles. The molecule has 1 rings (SSSR count). The molecule has 0 fully saturated rings. The minimum atomic E-state index is -0.164. The second-order valence-corrected chi connectivity index (χ2v) is 4.60. The third-order valence-corrected chi connectivity index (χ3v) is 2.82. The zero-order valence-corrected chi connectivity index (χ0v) is 12.6. The lowest BCUT2D eigenvalue weighted by molar-refractivity contribution is -0.117. The van der Waals surface area contributed by atoms with Gasteiger partial charge in [0, 0.05) is 12.2 Å². The lowest BCUT2D eigenvalue weighted by Gasteiger charge is -2.14. The first-order chi connectivity index (χ1) is 9.60. The SMILES string of the molecule is CCCOCCC(=O)Nc1c(OC)cccc1C(N)=S. The summed E-state index contributed by atoms with van der Waals surface area (Å²) in [4.78, 5) is 12.1. The standard InChI is InChI=1S/C14H20N2O3S/c1-3-8-19-9-7-12(17)16-13-10(14(15)20)5-4-6-11(13)18-2/h4-6H,3,7-9H2,1-2H3,(H2,15,20)(H,16,17). The fraction of sp³-hybridized carbons (Fsp3) is 0.429. The molecule has 0 saturated heterocycles. The van der Waals surface area contributed by atoms with Crippen LogP contribution in [0.2, 0.25) is 0 Å². The van der Waals surface area contributed by atoms with Crippen molar-refractivity contribution >= 4 is 28.8 Å². The number of rotatable bonds is 8. The van der Waals surface area contributed by atoms with Crippen molar-refractivity contribution in [2.45, 2.75) is 19.8 Å². The van der Waals surface area contributed by atoms with Crippen LogP contribution in [0.5, 0.6) is 5.75 Å². The molecule has 3 N–H and O–H groups in total. The maximum atomic E-state index is 11.9.